The van der Waals surface area contributed by atoms with Gasteiger partial charge in [-0.1, -0.05) is 0 Å². The molecule has 3 amide bonds. The topological polar surface area (TPSA) is 126 Å². The Hall–Kier alpha value is -2.78. The van der Waals surface area contributed by atoms with E-state index >= 15 is 0 Å². The Morgan fingerprint density at radius 2 is 1.76 bits per heavy atom. The third-order valence-corrected chi connectivity index (χ3v) is 3.86. The zero-order valence-electron chi connectivity index (χ0n) is 18.0. The van der Waals surface area contributed by atoms with Gasteiger partial charge in [0, 0.05) is 25.1 Å². The minimum atomic E-state index is -0.590. The van der Waals surface area contributed by atoms with E-state index in [0.29, 0.717) is 25.3 Å². The Morgan fingerprint density at radius 3 is 2.38 bits per heavy atom. The molecule has 0 atom stereocenters. The van der Waals surface area contributed by atoms with E-state index in [4.69, 9.17) is 9.47 Å². The summed E-state index contributed by atoms with van der Waals surface area (Å²) in [5, 5.41) is 12.3. The van der Waals surface area contributed by atoms with Crippen LogP contribution >= 0.6 is 0 Å². The first-order chi connectivity index (χ1) is 13.3. The minimum absolute atomic E-state index is 0.0882. The number of carbonyl (C=O) groups excluding carboxylic acids is 3. The minimum Gasteiger partial charge on any atom is -0.444 e. The zero-order valence-corrected chi connectivity index (χ0v) is 18.0. The molecule has 0 saturated carbocycles. The molecule has 0 unspecified atom stereocenters. The first-order valence-corrected chi connectivity index (χ1v) is 9.65. The Labute approximate surface area is 170 Å². The van der Waals surface area contributed by atoms with Crippen LogP contribution in [0.1, 0.15) is 59.2 Å². The molecule has 0 spiro atoms. The molecule has 3 N–H and O–H groups in total. The Bertz CT molecular complexity index is 760. The fraction of sp³-hybridized carbons (Fsp3) is 0.684. The first kappa shape index (κ1) is 22.5. The standard InChI is InChI=1S/C19H31N5O5/c1-18(2,3)28-16(26)20-9-7-14(25)21-15-12-8-10-24(11-13(12)22-23-15)17(27)29-19(4,5)6/h7-11H2,1-6H3,(H,20,26)(H2,21,22,23,25). The van der Waals surface area contributed by atoms with E-state index in [9.17, 15) is 14.4 Å². The summed E-state index contributed by atoms with van der Waals surface area (Å²) in [7, 11) is 0. The molecule has 1 aromatic heterocycles. The highest BCUT2D eigenvalue weighted by atomic mass is 16.6. The summed E-state index contributed by atoms with van der Waals surface area (Å²) in [6.45, 7) is 11.7. The third kappa shape index (κ3) is 7.28. The first-order valence-electron chi connectivity index (χ1n) is 9.65. The van der Waals surface area contributed by atoms with Crippen LogP contribution in [0.4, 0.5) is 15.4 Å². The van der Waals surface area contributed by atoms with Gasteiger partial charge in [-0.3, -0.25) is 9.89 Å². The number of hydrogen-bond acceptors (Lipinski definition) is 6. The van der Waals surface area contributed by atoms with Gasteiger partial charge in [0.15, 0.2) is 5.82 Å². The van der Waals surface area contributed by atoms with E-state index < -0.39 is 17.3 Å². The van der Waals surface area contributed by atoms with Crippen LogP contribution in [0, 0.1) is 0 Å². The van der Waals surface area contributed by atoms with Crippen molar-refractivity contribution in [3.63, 3.8) is 0 Å². The fourth-order valence-electron chi connectivity index (χ4n) is 2.69. The number of nitrogens with zero attached hydrogens (tertiary/aromatic N) is 2. The molecule has 0 bridgehead atoms. The zero-order chi connectivity index (χ0) is 21.8. The van der Waals surface area contributed by atoms with Crippen LogP contribution in [0.3, 0.4) is 0 Å². The summed E-state index contributed by atoms with van der Waals surface area (Å²) >= 11 is 0. The van der Waals surface area contributed by atoms with Gasteiger partial charge in [-0.25, -0.2) is 9.59 Å². The summed E-state index contributed by atoms with van der Waals surface area (Å²) in [5.74, 6) is 0.177. The van der Waals surface area contributed by atoms with Crippen molar-refractivity contribution in [1.82, 2.24) is 20.4 Å². The average Bonchev–Trinajstić information content (AvgIpc) is 2.93. The quantitative estimate of drug-likeness (QED) is 0.702. The van der Waals surface area contributed by atoms with Gasteiger partial charge in [-0.2, -0.15) is 5.10 Å². The Balaban J connectivity index is 1.83. The maximum atomic E-state index is 12.2. The number of anilines is 1. The normalized spacial score (nSPS) is 14.1. The van der Waals surface area contributed by atoms with E-state index in [2.05, 4.69) is 20.8 Å². The van der Waals surface area contributed by atoms with Crippen LogP contribution in [0.5, 0.6) is 0 Å². The van der Waals surface area contributed by atoms with Crippen LogP contribution in [-0.4, -0.2) is 57.5 Å². The molecule has 0 saturated heterocycles. The highest BCUT2D eigenvalue weighted by Gasteiger charge is 2.28. The summed E-state index contributed by atoms with van der Waals surface area (Å²) in [6, 6.07) is 0. The van der Waals surface area contributed by atoms with Gasteiger partial charge in [0.1, 0.15) is 11.2 Å². The lowest BCUT2D eigenvalue weighted by molar-refractivity contribution is -0.116. The van der Waals surface area contributed by atoms with Gasteiger partial charge >= 0.3 is 12.2 Å². The predicted molar refractivity (Wildman–Crippen MR) is 106 cm³/mol. The maximum Gasteiger partial charge on any atom is 0.410 e. The highest BCUT2D eigenvalue weighted by Crippen LogP contribution is 2.25. The lowest BCUT2D eigenvalue weighted by Gasteiger charge is -2.29. The van der Waals surface area contributed by atoms with Crippen molar-refractivity contribution < 1.29 is 23.9 Å². The average molecular weight is 409 g/mol. The number of aromatic amines is 1. The SMILES string of the molecule is CC(C)(C)OC(=O)NCCC(=O)Nc1n[nH]c2c1CCN(C(=O)OC(C)(C)C)C2. The van der Waals surface area contributed by atoms with Crippen molar-refractivity contribution in [1.29, 1.82) is 0 Å². The molecule has 0 aliphatic carbocycles. The van der Waals surface area contributed by atoms with Crippen LogP contribution in [-0.2, 0) is 27.2 Å². The number of fused-ring (bicyclic) bond motifs is 1. The molecule has 2 rings (SSSR count). The molecule has 29 heavy (non-hydrogen) atoms. The van der Waals surface area contributed by atoms with Gasteiger partial charge < -0.3 is 25.0 Å². The van der Waals surface area contributed by atoms with Crippen LogP contribution in [0.15, 0.2) is 0 Å². The van der Waals surface area contributed by atoms with Gasteiger partial charge in [-0.05, 0) is 48.0 Å². The Morgan fingerprint density at radius 1 is 1.10 bits per heavy atom. The van der Waals surface area contributed by atoms with E-state index in [1.54, 1.807) is 25.7 Å². The van der Waals surface area contributed by atoms with Crippen molar-refractivity contribution in [3.8, 4) is 0 Å². The van der Waals surface area contributed by atoms with E-state index in [1.807, 2.05) is 20.8 Å². The summed E-state index contributed by atoms with van der Waals surface area (Å²) in [4.78, 5) is 37.6. The molecule has 10 heteroatoms. The van der Waals surface area contributed by atoms with Crippen LogP contribution < -0.4 is 10.6 Å². The number of alkyl carbamates (subject to hydrolysis) is 1. The van der Waals surface area contributed by atoms with Crippen molar-refractivity contribution in [3.05, 3.63) is 11.3 Å². The number of amides is 3. The number of hydrogen-bond donors (Lipinski definition) is 3. The van der Waals surface area contributed by atoms with Gasteiger partial charge in [0.2, 0.25) is 5.91 Å². The molecule has 1 aliphatic heterocycles. The van der Waals surface area contributed by atoms with E-state index in [-0.39, 0.29) is 25.0 Å². The molecule has 1 aromatic rings. The summed E-state index contributed by atoms with van der Waals surface area (Å²) < 4.78 is 10.5. The second-order valence-corrected chi connectivity index (χ2v) is 8.91. The van der Waals surface area contributed by atoms with Crippen molar-refractivity contribution in [2.24, 2.45) is 0 Å². The predicted octanol–water partition coefficient (Wildman–Crippen LogP) is 2.56. The number of aromatic nitrogens is 2. The number of nitrogens with one attached hydrogen (secondary N) is 3. The number of carbonyl (C=O) groups is 3. The lowest BCUT2D eigenvalue weighted by atomic mass is 10.1. The molecule has 1 aliphatic rings. The monoisotopic (exact) mass is 409 g/mol. The van der Waals surface area contributed by atoms with Crippen molar-refractivity contribution in [2.45, 2.75) is 72.1 Å². The largest absolute Gasteiger partial charge is 0.444 e. The van der Waals surface area contributed by atoms with E-state index in [1.165, 1.54) is 0 Å². The van der Waals surface area contributed by atoms with Crippen LogP contribution in [0.25, 0.3) is 0 Å². The molecule has 162 valence electrons. The van der Waals surface area contributed by atoms with Gasteiger partial charge in [-0.15, -0.1) is 0 Å². The molecular weight excluding hydrogens is 378 g/mol. The molecule has 0 fully saturated rings. The summed E-state index contributed by atoms with van der Waals surface area (Å²) in [5.41, 5.74) is 0.494. The highest BCUT2D eigenvalue weighted by molar-refractivity contribution is 5.91. The maximum absolute atomic E-state index is 12.2. The second kappa shape index (κ2) is 8.71. The fourth-order valence-corrected chi connectivity index (χ4v) is 2.69. The molecule has 2 heterocycles. The van der Waals surface area contributed by atoms with Gasteiger partial charge in [0.05, 0.1) is 12.2 Å². The molecule has 10 nitrogen and oxygen atoms in total. The van der Waals surface area contributed by atoms with Crippen LogP contribution in [0.2, 0.25) is 0 Å². The lowest BCUT2D eigenvalue weighted by Crippen LogP contribution is -2.40. The molecular formula is C19H31N5O5. The van der Waals surface area contributed by atoms with Crippen molar-refractivity contribution >= 4 is 23.9 Å². The second-order valence-electron chi connectivity index (χ2n) is 8.91. The third-order valence-electron chi connectivity index (χ3n) is 3.86. The number of rotatable bonds is 4. The molecule has 0 radical (unpaired) electrons. The Kier molecular flexibility index (Phi) is 6.76. The summed E-state index contributed by atoms with van der Waals surface area (Å²) in [6.07, 6.45) is -0.303. The van der Waals surface area contributed by atoms with Gasteiger partial charge in [0.25, 0.3) is 0 Å². The number of ether oxygens (including phenoxy) is 2. The van der Waals surface area contributed by atoms with Crippen molar-refractivity contribution in [2.75, 3.05) is 18.4 Å². The smallest absolute Gasteiger partial charge is 0.410 e. The number of H-pyrrole nitrogens is 1. The van der Waals surface area contributed by atoms with E-state index in [0.717, 1.165) is 11.3 Å². The molecule has 0 aromatic carbocycles.